The summed E-state index contributed by atoms with van der Waals surface area (Å²) in [5.74, 6) is 2.89. The minimum atomic E-state index is -1.25. The van der Waals surface area contributed by atoms with Crippen LogP contribution in [0, 0.1) is 0 Å². The third-order valence-corrected chi connectivity index (χ3v) is 0.717. The zero-order valence-corrected chi connectivity index (χ0v) is 4.72. The van der Waals surface area contributed by atoms with Gasteiger partial charge in [-0.05, 0) is 6.42 Å². The Morgan fingerprint density at radius 1 is 1.44 bits per heavy atom. The van der Waals surface area contributed by atoms with E-state index in [0.717, 1.165) is 0 Å². The van der Waals surface area contributed by atoms with E-state index in [1.165, 1.54) is 0 Å². The van der Waals surface area contributed by atoms with Gasteiger partial charge in [-0.15, -0.1) is 0 Å². The number of carbonyl (C=O) groups is 2. The van der Waals surface area contributed by atoms with Gasteiger partial charge in [-0.1, -0.05) is 0 Å². The van der Waals surface area contributed by atoms with Crippen molar-refractivity contribution in [3.63, 3.8) is 0 Å². The largest absolute Gasteiger partial charge is 0.550 e. The summed E-state index contributed by atoms with van der Waals surface area (Å²) >= 11 is 0. The zero-order chi connectivity index (χ0) is 7.28. The van der Waals surface area contributed by atoms with Crippen LogP contribution in [0.1, 0.15) is 12.8 Å². The Bertz CT molecular complexity index is 123. The molecule has 0 unspecified atom stereocenters. The summed E-state index contributed by atoms with van der Waals surface area (Å²) in [5.41, 5.74) is 1.79. The summed E-state index contributed by atoms with van der Waals surface area (Å²) in [4.78, 5) is 19.9. The molecule has 0 fully saturated rings. The van der Waals surface area contributed by atoms with Crippen LogP contribution >= 0.6 is 0 Å². The Hall–Kier alpha value is -1.10. The van der Waals surface area contributed by atoms with Crippen molar-refractivity contribution in [2.24, 2.45) is 5.84 Å². The van der Waals surface area contributed by atoms with Crippen molar-refractivity contribution in [2.75, 3.05) is 0 Å². The lowest BCUT2D eigenvalue weighted by atomic mass is 10.3. The maximum atomic E-state index is 10.2. The molecule has 0 saturated carbocycles. The number of carboxylic acid groups (broad SMARTS) is 1. The predicted octanol–water partition coefficient (Wildman–Crippen LogP) is -2.49. The molecule has 0 rings (SSSR count). The molecule has 0 aliphatic heterocycles. The smallest absolute Gasteiger partial charge is 0.234 e. The van der Waals surface area contributed by atoms with Crippen molar-refractivity contribution in [1.29, 1.82) is 0 Å². The number of nitrogens with two attached hydrogens (primary N) is 1. The number of carboxylic acids is 1. The van der Waals surface area contributed by atoms with Gasteiger partial charge < -0.3 is 9.90 Å². The van der Waals surface area contributed by atoms with Crippen LogP contribution in [0.3, 0.4) is 0 Å². The van der Waals surface area contributed by atoms with E-state index >= 15 is 0 Å². The van der Waals surface area contributed by atoms with Crippen molar-refractivity contribution in [2.45, 2.75) is 12.8 Å². The van der Waals surface area contributed by atoms with Crippen LogP contribution < -0.4 is 16.4 Å². The zero-order valence-electron chi connectivity index (χ0n) is 4.72. The Balaban J connectivity index is 3.28. The average molecular weight is 131 g/mol. The van der Waals surface area contributed by atoms with Gasteiger partial charge in [0.2, 0.25) is 5.91 Å². The predicted molar refractivity (Wildman–Crippen MR) is 26.6 cm³/mol. The molecule has 0 aliphatic rings. The lowest BCUT2D eigenvalue weighted by Crippen LogP contribution is -2.32. The van der Waals surface area contributed by atoms with Crippen molar-refractivity contribution in [3.05, 3.63) is 0 Å². The van der Waals surface area contributed by atoms with Crippen LogP contribution in [0.5, 0.6) is 0 Å². The van der Waals surface area contributed by atoms with Crippen molar-refractivity contribution in [3.8, 4) is 0 Å². The summed E-state index contributed by atoms with van der Waals surface area (Å²) in [6.45, 7) is 0. The van der Waals surface area contributed by atoms with Crippen LogP contribution in [0.15, 0.2) is 0 Å². The first kappa shape index (κ1) is 7.90. The van der Waals surface area contributed by atoms with Crippen molar-refractivity contribution in [1.82, 2.24) is 5.43 Å². The monoisotopic (exact) mass is 131 g/mol. The topological polar surface area (TPSA) is 95.2 Å². The second-order valence-corrected chi connectivity index (χ2v) is 1.44. The van der Waals surface area contributed by atoms with Crippen LogP contribution in [0.4, 0.5) is 0 Å². The van der Waals surface area contributed by atoms with E-state index in [4.69, 9.17) is 0 Å². The average Bonchev–Trinajstić information content (AvgIpc) is 1.83. The number of hydrazine groups is 1. The number of hydrogen-bond donors (Lipinski definition) is 2. The third kappa shape index (κ3) is 4.76. The van der Waals surface area contributed by atoms with E-state index in [0.29, 0.717) is 0 Å². The number of amides is 1. The number of aliphatic carboxylic acids is 1. The first-order valence-corrected chi connectivity index (χ1v) is 2.36. The molecule has 5 heteroatoms. The molecule has 0 radical (unpaired) electrons. The third-order valence-electron chi connectivity index (χ3n) is 0.717. The molecule has 0 aromatic rings. The normalized spacial score (nSPS) is 8.56. The Labute approximate surface area is 51.8 Å². The number of hydrogen-bond acceptors (Lipinski definition) is 4. The van der Waals surface area contributed by atoms with E-state index in [9.17, 15) is 14.7 Å². The maximum Gasteiger partial charge on any atom is 0.234 e. The van der Waals surface area contributed by atoms with Gasteiger partial charge in [0.1, 0.15) is 0 Å². The molecule has 0 aromatic heterocycles. The van der Waals surface area contributed by atoms with Gasteiger partial charge in [0.25, 0.3) is 0 Å². The quantitative estimate of drug-likeness (QED) is 0.251. The van der Waals surface area contributed by atoms with E-state index in [1.807, 2.05) is 0 Å². The number of rotatable bonds is 3. The molecule has 0 saturated heterocycles. The molecule has 0 aromatic carbocycles. The van der Waals surface area contributed by atoms with Gasteiger partial charge in [-0.3, -0.25) is 10.2 Å². The van der Waals surface area contributed by atoms with Crippen LogP contribution in [-0.2, 0) is 9.59 Å². The molecule has 0 aliphatic carbocycles. The lowest BCUT2D eigenvalue weighted by Gasteiger charge is -1.98. The molecule has 52 valence electrons. The van der Waals surface area contributed by atoms with Crippen LogP contribution in [0.2, 0.25) is 0 Å². The van der Waals surface area contributed by atoms with Gasteiger partial charge in [-0.25, -0.2) is 5.84 Å². The first-order chi connectivity index (χ1) is 4.16. The second kappa shape index (κ2) is 3.85. The van der Waals surface area contributed by atoms with E-state index in [-0.39, 0.29) is 12.8 Å². The minimum absolute atomic E-state index is 0.126. The molecule has 0 atom stereocenters. The summed E-state index contributed by atoms with van der Waals surface area (Å²) in [5, 5.41) is 9.69. The molecular weight excluding hydrogens is 124 g/mol. The van der Waals surface area contributed by atoms with E-state index < -0.39 is 11.9 Å². The molecule has 0 spiro atoms. The summed E-state index contributed by atoms with van der Waals surface area (Å²) < 4.78 is 0. The number of nitrogens with one attached hydrogen (secondary N) is 1. The molecular formula is C4H7N2O3-. The van der Waals surface area contributed by atoms with E-state index in [1.54, 1.807) is 5.43 Å². The van der Waals surface area contributed by atoms with Gasteiger partial charge in [0.05, 0.1) is 0 Å². The Morgan fingerprint density at radius 2 is 2.00 bits per heavy atom. The summed E-state index contributed by atoms with van der Waals surface area (Å²) in [6.07, 6.45) is -0.415. The first-order valence-electron chi connectivity index (χ1n) is 2.36. The maximum absolute atomic E-state index is 10.2. The molecule has 0 bridgehead atoms. The molecule has 9 heavy (non-hydrogen) atoms. The second-order valence-electron chi connectivity index (χ2n) is 1.44. The highest BCUT2D eigenvalue weighted by atomic mass is 16.4. The summed E-state index contributed by atoms with van der Waals surface area (Å²) in [6, 6.07) is 0. The Morgan fingerprint density at radius 3 is 2.33 bits per heavy atom. The molecule has 3 N–H and O–H groups in total. The molecule has 0 heterocycles. The standard InChI is InChI=1S/C4H8N2O3/c5-6-3(7)1-2-4(8)9/h1-2,5H2,(H,6,7)(H,8,9)/p-1. The minimum Gasteiger partial charge on any atom is -0.550 e. The van der Waals surface area contributed by atoms with Gasteiger partial charge in [-0.2, -0.15) is 0 Å². The van der Waals surface area contributed by atoms with Gasteiger partial charge in [0, 0.05) is 12.4 Å². The number of carbonyl (C=O) groups excluding carboxylic acids is 2. The SMILES string of the molecule is NNC(=O)CCC(=O)[O-]. The van der Waals surface area contributed by atoms with Crippen molar-refractivity contribution >= 4 is 11.9 Å². The van der Waals surface area contributed by atoms with Gasteiger partial charge >= 0.3 is 0 Å². The fraction of sp³-hybridized carbons (Fsp3) is 0.500. The molecule has 1 amide bonds. The highest BCUT2D eigenvalue weighted by Crippen LogP contribution is 1.83. The van der Waals surface area contributed by atoms with E-state index in [2.05, 4.69) is 5.84 Å². The fourth-order valence-electron chi connectivity index (χ4n) is 0.288. The van der Waals surface area contributed by atoms with Crippen LogP contribution in [0.25, 0.3) is 0 Å². The molecule has 5 nitrogen and oxygen atoms in total. The highest BCUT2D eigenvalue weighted by Gasteiger charge is 1.95. The Kier molecular flexibility index (Phi) is 3.38. The van der Waals surface area contributed by atoms with Crippen molar-refractivity contribution < 1.29 is 14.7 Å². The summed E-state index contributed by atoms with van der Waals surface area (Å²) in [7, 11) is 0. The van der Waals surface area contributed by atoms with Gasteiger partial charge in [0.15, 0.2) is 0 Å². The fourth-order valence-corrected chi connectivity index (χ4v) is 0.288. The van der Waals surface area contributed by atoms with Crippen LogP contribution in [-0.4, -0.2) is 11.9 Å². The highest BCUT2D eigenvalue weighted by molar-refractivity contribution is 5.79. The lowest BCUT2D eigenvalue weighted by molar-refractivity contribution is -0.305.